The third-order valence-electron chi connectivity index (χ3n) is 4.62. The molecule has 136 valence electrons. The Balaban J connectivity index is 1.75. The van der Waals surface area contributed by atoms with E-state index in [1.54, 1.807) is 18.4 Å². The minimum atomic E-state index is -0.234. The van der Waals surface area contributed by atoms with Crippen molar-refractivity contribution in [3.63, 3.8) is 0 Å². The molecular weight excluding hydrogens is 350 g/mol. The maximum atomic E-state index is 9.69. The first-order valence-electron chi connectivity index (χ1n) is 8.50. The number of aromatic nitrogens is 2. The molecule has 0 atom stereocenters. The molecule has 0 unspecified atom stereocenters. The second kappa shape index (κ2) is 7.28. The molecule has 0 bridgehead atoms. The van der Waals surface area contributed by atoms with Crippen LogP contribution in [-0.2, 0) is 16.1 Å². The van der Waals surface area contributed by atoms with E-state index in [0.29, 0.717) is 32.2 Å². The Morgan fingerprint density at radius 3 is 2.73 bits per heavy atom. The Morgan fingerprint density at radius 1 is 1.27 bits per heavy atom. The first-order chi connectivity index (χ1) is 12.7. The number of ether oxygens (including phenoxy) is 2. The Labute approximate surface area is 155 Å². The highest BCUT2D eigenvalue weighted by atomic mass is 32.1. The molecule has 0 saturated carbocycles. The van der Waals surface area contributed by atoms with Gasteiger partial charge in [-0.3, -0.25) is 0 Å². The first kappa shape index (κ1) is 17.4. The van der Waals surface area contributed by atoms with Crippen LogP contribution in [0.5, 0.6) is 0 Å². The predicted molar refractivity (Wildman–Crippen MR) is 102 cm³/mol. The topological polar surface area (TPSA) is 76.5 Å². The quantitative estimate of drug-likeness (QED) is 0.665. The van der Waals surface area contributed by atoms with E-state index in [4.69, 9.17) is 9.47 Å². The molecule has 2 N–H and O–H groups in total. The maximum Gasteiger partial charge on any atom is 0.158 e. The van der Waals surface area contributed by atoms with Gasteiger partial charge in [0.25, 0.3) is 0 Å². The van der Waals surface area contributed by atoms with Crippen LogP contribution in [0.15, 0.2) is 35.7 Å². The van der Waals surface area contributed by atoms with Crippen LogP contribution in [0, 0.1) is 5.41 Å². The van der Waals surface area contributed by atoms with E-state index < -0.39 is 0 Å². The fourth-order valence-electron chi connectivity index (χ4n) is 3.05. The normalized spacial score (nSPS) is 15.8. The number of aliphatic hydroxyl groups is 1. The zero-order chi connectivity index (χ0) is 18.0. The Kier molecular flexibility index (Phi) is 4.86. The van der Waals surface area contributed by atoms with Gasteiger partial charge in [0.2, 0.25) is 0 Å². The van der Waals surface area contributed by atoms with Gasteiger partial charge >= 0.3 is 0 Å². The Morgan fingerprint density at radius 2 is 2.08 bits per heavy atom. The molecule has 1 aliphatic heterocycles. The lowest BCUT2D eigenvalue weighted by molar-refractivity contribution is -0.128. The van der Waals surface area contributed by atoms with E-state index in [0.717, 1.165) is 27.2 Å². The molecule has 1 saturated heterocycles. The number of anilines is 1. The number of hydrogen-bond donors (Lipinski definition) is 2. The summed E-state index contributed by atoms with van der Waals surface area (Å²) in [5, 5.41) is 16.2. The zero-order valence-corrected chi connectivity index (χ0v) is 15.4. The number of nitrogens with one attached hydrogen (secondary N) is 1. The van der Waals surface area contributed by atoms with E-state index in [9.17, 15) is 5.11 Å². The summed E-state index contributed by atoms with van der Waals surface area (Å²) < 4.78 is 10.5. The summed E-state index contributed by atoms with van der Waals surface area (Å²) in [6, 6.07) is 10.2. The average molecular weight is 371 g/mol. The van der Waals surface area contributed by atoms with Crippen molar-refractivity contribution in [1.29, 1.82) is 0 Å². The summed E-state index contributed by atoms with van der Waals surface area (Å²) in [7, 11) is 1.64. The van der Waals surface area contributed by atoms with Gasteiger partial charge in [0.1, 0.15) is 17.3 Å². The molecule has 0 radical (unpaired) electrons. The van der Waals surface area contributed by atoms with Gasteiger partial charge in [-0.15, -0.1) is 11.3 Å². The van der Waals surface area contributed by atoms with Gasteiger partial charge in [0.05, 0.1) is 30.6 Å². The van der Waals surface area contributed by atoms with Crippen molar-refractivity contribution in [1.82, 2.24) is 9.97 Å². The third-order valence-corrected chi connectivity index (χ3v) is 5.49. The van der Waals surface area contributed by atoms with Crippen molar-refractivity contribution in [2.45, 2.75) is 6.61 Å². The number of aliphatic hydroxyl groups excluding tert-OH is 1. The summed E-state index contributed by atoms with van der Waals surface area (Å²) in [6.07, 6.45) is 0. The number of fused-ring (bicyclic) bond motifs is 1. The second-order valence-corrected chi connectivity index (χ2v) is 7.48. The molecule has 3 aromatic rings. The number of rotatable bonds is 7. The molecular formula is C19H21N3O3S. The van der Waals surface area contributed by atoms with Crippen LogP contribution in [0.1, 0.15) is 5.82 Å². The zero-order valence-electron chi connectivity index (χ0n) is 14.6. The first-order valence-corrected chi connectivity index (χ1v) is 9.38. The largest absolute Gasteiger partial charge is 0.396 e. The van der Waals surface area contributed by atoms with Crippen molar-refractivity contribution >= 4 is 27.4 Å². The van der Waals surface area contributed by atoms with Gasteiger partial charge in [-0.05, 0) is 5.56 Å². The number of hydrogen-bond acceptors (Lipinski definition) is 7. The summed E-state index contributed by atoms with van der Waals surface area (Å²) in [6.45, 7) is 2.17. The monoisotopic (exact) mass is 371 g/mol. The van der Waals surface area contributed by atoms with Crippen molar-refractivity contribution in [3.05, 3.63) is 41.5 Å². The van der Waals surface area contributed by atoms with Crippen LogP contribution in [0.2, 0.25) is 0 Å². The minimum absolute atomic E-state index is 0.0916. The van der Waals surface area contributed by atoms with Crippen LogP contribution in [0.3, 0.4) is 0 Å². The lowest BCUT2D eigenvalue weighted by atomic mass is 9.87. The highest BCUT2D eigenvalue weighted by Crippen LogP contribution is 2.37. The van der Waals surface area contributed by atoms with E-state index in [1.807, 2.05) is 18.2 Å². The van der Waals surface area contributed by atoms with E-state index in [2.05, 4.69) is 32.8 Å². The Hall–Kier alpha value is -2.06. The van der Waals surface area contributed by atoms with Crippen molar-refractivity contribution < 1.29 is 14.6 Å². The molecule has 0 spiro atoms. The molecule has 1 fully saturated rings. The SMILES string of the molecule is COCc1nc(NCC2(CO)COC2)c2c(-c3ccccc3)csc2n1. The highest BCUT2D eigenvalue weighted by Gasteiger charge is 2.38. The highest BCUT2D eigenvalue weighted by molar-refractivity contribution is 7.17. The molecule has 4 rings (SSSR count). The molecule has 2 aromatic heterocycles. The van der Waals surface area contributed by atoms with E-state index >= 15 is 0 Å². The molecule has 0 aliphatic carbocycles. The lowest BCUT2D eigenvalue weighted by Crippen LogP contribution is -2.50. The van der Waals surface area contributed by atoms with Crippen LogP contribution >= 0.6 is 11.3 Å². The van der Waals surface area contributed by atoms with Gasteiger partial charge in [-0.25, -0.2) is 9.97 Å². The van der Waals surface area contributed by atoms with E-state index in [-0.39, 0.29) is 12.0 Å². The molecule has 3 heterocycles. The van der Waals surface area contributed by atoms with Crippen molar-refractivity contribution in [2.75, 3.05) is 38.8 Å². The average Bonchev–Trinajstić information content (AvgIpc) is 3.06. The van der Waals surface area contributed by atoms with Gasteiger partial charge < -0.3 is 19.9 Å². The maximum absolute atomic E-state index is 9.69. The third kappa shape index (κ3) is 3.19. The molecule has 1 aromatic carbocycles. The smallest absolute Gasteiger partial charge is 0.158 e. The number of methoxy groups -OCH3 is 1. The summed E-state index contributed by atoms with van der Waals surface area (Å²) >= 11 is 1.60. The molecule has 6 nitrogen and oxygen atoms in total. The van der Waals surface area contributed by atoms with Gasteiger partial charge in [-0.2, -0.15) is 0 Å². The summed E-state index contributed by atoms with van der Waals surface area (Å²) in [4.78, 5) is 10.2. The Bertz CT molecular complexity index is 888. The standard InChI is InChI=1S/C19H21N3O3S/c1-24-7-15-21-17(20-9-19(10-23)11-25-12-19)16-14(8-26-18(16)22-15)13-5-3-2-4-6-13/h2-6,8,23H,7,9-12H2,1H3,(H,20,21,22). The molecule has 26 heavy (non-hydrogen) atoms. The van der Waals surface area contributed by atoms with E-state index in [1.165, 1.54) is 0 Å². The molecule has 7 heteroatoms. The van der Waals surface area contributed by atoms with Crippen LogP contribution < -0.4 is 5.32 Å². The fraction of sp³-hybridized carbons (Fsp3) is 0.368. The molecule has 1 aliphatic rings. The van der Waals surface area contributed by atoms with Gasteiger partial charge in [0.15, 0.2) is 5.82 Å². The van der Waals surface area contributed by atoms with Crippen LogP contribution in [0.25, 0.3) is 21.3 Å². The van der Waals surface area contributed by atoms with Crippen molar-refractivity contribution in [3.8, 4) is 11.1 Å². The minimum Gasteiger partial charge on any atom is -0.396 e. The summed E-state index contributed by atoms with van der Waals surface area (Å²) in [5.74, 6) is 1.42. The predicted octanol–water partition coefficient (Wildman–Crippen LogP) is 2.93. The number of nitrogens with zero attached hydrogens (tertiary/aromatic N) is 2. The fourth-order valence-corrected chi connectivity index (χ4v) is 4.01. The second-order valence-electron chi connectivity index (χ2n) is 6.62. The summed E-state index contributed by atoms with van der Waals surface area (Å²) in [5.41, 5.74) is 2.01. The number of benzene rings is 1. The van der Waals surface area contributed by atoms with Crippen LogP contribution in [0.4, 0.5) is 5.82 Å². The molecule has 0 amide bonds. The van der Waals surface area contributed by atoms with Crippen molar-refractivity contribution in [2.24, 2.45) is 5.41 Å². The van der Waals surface area contributed by atoms with Crippen LogP contribution in [-0.4, -0.2) is 48.5 Å². The van der Waals surface area contributed by atoms with Gasteiger partial charge in [-0.1, -0.05) is 30.3 Å². The number of thiophene rings is 1. The lowest BCUT2D eigenvalue weighted by Gasteiger charge is -2.40. The van der Waals surface area contributed by atoms with Gasteiger partial charge in [0, 0.05) is 24.6 Å².